The van der Waals surface area contributed by atoms with Gasteiger partial charge in [0.1, 0.15) is 23.9 Å². The summed E-state index contributed by atoms with van der Waals surface area (Å²) in [7, 11) is 0. The van der Waals surface area contributed by atoms with Gasteiger partial charge in [-0.25, -0.2) is 4.39 Å². The van der Waals surface area contributed by atoms with Crippen molar-refractivity contribution >= 4 is 6.29 Å². The third-order valence-electron chi connectivity index (χ3n) is 5.44. The Morgan fingerprint density at radius 3 is 2.43 bits per heavy atom. The third kappa shape index (κ3) is 3.63. The number of aromatic hydroxyl groups is 1. The van der Waals surface area contributed by atoms with Gasteiger partial charge in [-0.2, -0.15) is 0 Å². The number of aldehydes is 1. The quantitative estimate of drug-likeness (QED) is 0.640. The van der Waals surface area contributed by atoms with Crippen LogP contribution in [0.5, 0.6) is 11.5 Å². The molecule has 2 atom stereocenters. The van der Waals surface area contributed by atoms with Gasteiger partial charge in [-0.05, 0) is 77.4 Å². The Morgan fingerprint density at radius 1 is 1.00 bits per heavy atom. The summed E-state index contributed by atoms with van der Waals surface area (Å²) in [4.78, 5) is 10.5. The van der Waals surface area contributed by atoms with Gasteiger partial charge in [0.2, 0.25) is 0 Å². The molecular formula is C24H21FO3. The molecule has 3 aromatic rings. The van der Waals surface area contributed by atoms with Crippen molar-refractivity contribution in [2.24, 2.45) is 0 Å². The summed E-state index contributed by atoms with van der Waals surface area (Å²) in [6.07, 6.45) is 2.50. The number of carbonyl (C=O) groups excluding carboxylic acids is 1. The lowest BCUT2D eigenvalue weighted by molar-refractivity contribution is -0.109. The molecule has 0 radical (unpaired) electrons. The highest BCUT2D eigenvalue weighted by Gasteiger charge is 2.32. The molecule has 0 amide bonds. The standard InChI is InChI=1S/C24H21FO3/c25-19-6-1-16(2-7-19)22-11-5-18-15-20(27)8-12-23(18)24(22)17-3-9-21(10-4-17)28-14-13-26/h1-4,6-10,12-13,15,22,24,27H,5,11,14H2/t22-,24+/m1/s1. The van der Waals surface area contributed by atoms with E-state index in [-0.39, 0.29) is 30.0 Å². The molecule has 0 spiro atoms. The van der Waals surface area contributed by atoms with Gasteiger partial charge in [0.25, 0.3) is 0 Å². The van der Waals surface area contributed by atoms with Crippen molar-refractivity contribution < 1.29 is 19.0 Å². The maximum absolute atomic E-state index is 13.4. The van der Waals surface area contributed by atoms with Gasteiger partial charge in [0, 0.05) is 5.92 Å². The van der Waals surface area contributed by atoms with E-state index in [1.807, 2.05) is 48.5 Å². The Kier molecular flexibility index (Phi) is 5.11. The Balaban J connectivity index is 1.75. The van der Waals surface area contributed by atoms with Crippen LogP contribution in [0.2, 0.25) is 0 Å². The summed E-state index contributed by atoms with van der Waals surface area (Å²) in [5, 5.41) is 9.89. The van der Waals surface area contributed by atoms with Gasteiger partial charge in [-0.15, -0.1) is 0 Å². The van der Waals surface area contributed by atoms with E-state index < -0.39 is 0 Å². The summed E-state index contributed by atoms with van der Waals surface area (Å²) in [6.45, 7) is 0.0308. The molecule has 0 fully saturated rings. The van der Waals surface area contributed by atoms with Crippen molar-refractivity contribution in [1.29, 1.82) is 0 Å². The smallest absolute Gasteiger partial charge is 0.157 e. The van der Waals surface area contributed by atoms with E-state index >= 15 is 0 Å². The molecular weight excluding hydrogens is 355 g/mol. The van der Waals surface area contributed by atoms with Crippen LogP contribution in [0.3, 0.4) is 0 Å². The minimum Gasteiger partial charge on any atom is -0.508 e. The van der Waals surface area contributed by atoms with Crippen molar-refractivity contribution in [3.05, 3.63) is 94.8 Å². The first-order chi connectivity index (χ1) is 13.7. The summed E-state index contributed by atoms with van der Waals surface area (Å²) < 4.78 is 18.8. The summed E-state index contributed by atoms with van der Waals surface area (Å²) in [5.41, 5.74) is 4.55. The second-order valence-electron chi connectivity index (χ2n) is 7.10. The number of hydrogen-bond acceptors (Lipinski definition) is 3. The van der Waals surface area contributed by atoms with Crippen LogP contribution < -0.4 is 4.74 Å². The highest BCUT2D eigenvalue weighted by Crippen LogP contribution is 2.47. The van der Waals surface area contributed by atoms with Crippen LogP contribution in [0.4, 0.5) is 4.39 Å². The largest absolute Gasteiger partial charge is 0.508 e. The summed E-state index contributed by atoms with van der Waals surface area (Å²) in [5.74, 6) is 0.985. The van der Waals surface area contributed by atoms with Crippen molar-refractivity contribution in [2.45, 2.75) is 24.7 Å². The topological polar surface area (TPSA) is 46.5 Å². The number of ether oxygens (including phenoxy) is 1. The van der Waals surface area contributed by atoms with Crippen molar-refractivity contribution in [1.82, 2.24) is 0 Å². The molecule has 0 heterocycles. The molecule has 3 nitrogen and oxygen atoms in total. The van der Waals surface area contributed by atoms with E-state index in [0.29, 0.717) is 5.75 Å². The monoisotopic (exact) mass is 376 g/mol. The van der Waals surface area contributed by atoms with Crippen molar-refractivity contribution in [2.75, 3.05) is 6.61 Å². The number of aryl methyl sites for hydroxylation is 1. The zero-order valence-corrected chi connectivity index (χ0v) is 15.3. The van der Waals surface area contributed by atoms with Crippen LogP contribution in [0.1, 0.15) is 40.5 Å². The molecule has 4 heteroatoms. The minimum absolute atomic E-state index is 0.0308. The number of hydrogen-bond donors (Lipinski definition) is 1. The van der Waals surface area contributed by atoms with Crippen LogP contribution in [-0.4, -0.2) is 18.0 Å². The number of benzene rings is 3. The number of phenolic OH excluding ortho intramolecular Hbond substituents is 1. The summed E-state index contributed by atoms with van der Waals surface area (Å²) >= 11 is 0. The molecule has 28 heavy (non-hydrogen) atoms. The second-order valence-corrected chi connectivity index (χ2v) is 7.10. The van der Waals surface area contributed by atoms with E-state index in [9.17, 15) is 14.3 Å². The van der Waals surface area contributed by atoms with E-state index in [0.717, 1.165) is 35.8 Å². The fourth-order valence-corrected chi connectivity index (χ4v) is 4.19. The van der Waals surface area contributed by atoms with Crippen molar-refractivity contribution in [3.8, 4) is 11.5 Å². The van der Waals surface area contributed by atoms with Crippen LogP contribution in [0.15, 0.2) is 66.7 Å². The molecule has 1 aliphatic carbocycles. The molecule has 142 valence electrons. The van der Waals surface area contributed by atoms with E-state index in [1.165, 1.54) is 17.7 Å². The molecule has 0 saturated carbocycles. The van der Waals surface area contributed by atoms with E-state index in [2.05, 4.69) is 0 Å². The van der Waals surface area contributed by atoms with Gasteiger partial charge in [-0.3, -0.25) is 4.79 Å². The average Bonchev–Trinajstić information content (AvgIpc) is 2.72. The molecule has 1 N–H and O–H groups in total. The van der Waals surface area contributed by atoms with Crippen LogP contribution in [0.25, 0.3) is 0 Å². The first kappa shape index (κ1) is 18.2. The number of rotatable bonds is 5. The number of fused-ring (bicyclic) bond motifs is 1. The Morgan fingerprint density at radius 2 is 1.71 bits per heavy atom. The summed E-state index contributed by atoms with van der Waals surface area (Å²) in [6, 6.07) is 20.1. The lowest BCUT2D eigenvalue weighted by Crippen LogP contribution is -2.20. The Hall–Kier alpha value is -3.14. The zero-order valence-electron chi connectivity index (χ0n) is 15.3. The molecule has 0 bridgehead atoms. The molecule has 3 aromatic carbocycles. The number of phenols is 1. The maximum Gasteiger partial charge on any atom is 0.157 e. The molecule has 0 aromatic heterocycles. The Labute approximate surface area is 163 Å². The number of carbonyl (C=O) groups is 1. The maximum atomic E-state index is 13.4. The van der Waals surface area contributed by atoms with Crippen LogP contribution >= 0.6 is 0 Å². The average molecular weight is 376 g/mol. The third-order valence-corrected chi connectivity index (χ3v) is 5.44. The van der Waals surface area contributed by atoms with Gasteiger partial charge in [0.05, 0.1) is 0 Å². The lowest BCUT2D eigenvalue weighted by Gasteiger charge is -2.35. The number of halogens is 1. The van der Waals surface area contributed by atoms with Gasteiger partial charge in [0.15, 0.2) is 6.29 Å². The molecule has 0 saturated heterocycles. The van der Waals surface area contributed by atoms with Crippen LogP contribution in [0, 0.1) is 5.82 Å². The van der Waals surface area contributed by atoms with Crippen LogP contribution in [-0.2, 0) is 11.2 Å². The first-order valence-corrected chi connectivity index (χ1v) is 9.39. The fourth-order valence-electron chi connectivity index (χ4n) is 4.19. The Bertz CT molecular complexity index is 964. The molecule has 0 aliphatic heterocycles. The highest BCUT2D eigenvalue weighted by atomic mass is 19.1. The zero-order chi connectivity index (χ0) is 19.5. The van der Waals surface area contributed by atoms with Crippen molar-refractivity contribution in [3.63, 3.8) is 0 Å². The molecule has 4 rings (SSSR count). The van der Waals surface area contributed by atoms with Gasteiger partial charge in [-0.1, -0.05) is 30.3 Å². The first-order valence-electron chi connectivity index (χ1n) is 9.39. The fraction of sp³-hybridized carbons (Fsp3) is 0.208. The highest BCUT2D eigenvalue weighted by molar-refractivity contribution is 5.52. The molecule has 0 unspecified atom stereocenters. The second kappa shape index (κ2) is 7.85. The predicted octanol–water partition coefficient (Wildman–Crippen LogP) is 4.97. The van der Waals surface area contributed by atoms with Gasteiger partial charge < -0.3 is 9.84 Å². The lowest BCUT2D eigenvalue weighted by atomic mass is 9.69. The minimum atomic E-state index is -0.238. The molecule has 1 aliphatic rings. The van der Waals surface area contributed by atoms with E-state index in [1.54, 1.807) is 6.07 Å². The normalized spacial score (nSPS) is 18.3. The van der Waals surface area contributed by atoms with E-state index in [4.69, 9.17) is 4.74 Å². The van der Waals surface area contributed by atoms with Gasteiger partial charge >= 0.3 is 0 Å². The predicted molar refractivity (Wildman–Crippen MR) is 105 cm³/mol. The SMILES string of the molecule is O=CCOc1ccc([C@@H]2c3ccc(O)cc3CC[C@@H]2c2ccc(F)cc2)cc1.